The fourth-order valence-corrected chi connectivity index (χ4v) is 4.06. The van der Waals surface area contributed by atoms with E-state index in [2.05, 4.69) is 19.8 Å². The Hall–Kier alpha value is -4.54. The van der Waals surface area contributed by atoms with Crippen LogP contribution in [0.2, 0.25) is 0 Å². The Bertz CT molecular complexity index is 1280. The van der Waals surface area contributed by atoms with E-state index in [4.69, 9.17) is 19.3 Å². The molecule has 10 heteroatoms. The van der Waals surface area contributed by atoms with Crippen molar-refractivity contribution in [1.82, 2.24) is 9.97 Å². The molecule has 0 spiro atoms. The summed E-state index contributed by atoms with van der Waals surface area (Å²) in [4.78, 5) is 35.2. The molecule has 5 rings (SSSR count). The summed E-state index contributed by atoms with van der Waals surface area (Å²) < 4.78 is 15.8. The molecule has 0 bridgehead atoms. The van der Waals surface area contributed by atoms with Gasteiger partial charge in [-0.1, -0.05) is 30.3 Å². The van der Waals surface area contributed by atoms with Crippen molar-refractivity contribution in [3.05, 3.63) is 95.8 Å². The molecule has 0 aliphatic carbocycles. The van der Waals surface area contributed by atoms with Gasteiger partial charge in [-0.15, -0.1) is 0 Å². The molecule has 0 atom stereocenters. The van der Waals surface area contributed by atoms with Gasteiger partial charge in [-0.3, -0.25) is 0 Å². The number of hydrogen-bond donors (Lipinski definition) is 1. The van der Waals surface area contributed by atoms with Crippen molar-refractivity contribution >= 4 is 35.7 Å². The average Bonchev–Trinajstić information content (AvgIpc) is 3.04. The normalized spacial score (nSPS) is 15.4. The smallest absolute Gasteiger partial charge is 0.331 e. The summed E-state index contributed by atoms with van der Waals surface area (Å²) in [6, 6.07) is 17.3. The molecule has 0 amide bonds. The highest BCUT2D eigenvalue weighted by Crippen LogP contribution is 2.15. The van der Waals surface area contributed by atoms with Crippen LogP contribution in [0.15, 0.2) is 79.1 Å². The molecule has 0 unspecified atom stereocenters. The van der Waals surface area contributed by atoms with Gasteiger partial charge in [-0.25, -0.2) is 19.6 Å². The number of esters is 1. The van der Waals surface area contributed by atoms with Crippen LogP contribution in [0.5, 0.6) is 0 Å². The minimum Gasteiger partial charge on any atom is -0.478 e. The fraction of sp³-hybridized carbons (Fsp3) is 0.290. The lowest BCUT2D eigenvalue weighted by molar-refractivity contribution is -0.139. The molecular weight excluding hydrogens is 524 g/mol. The van der Waals surface area contributed by atoms with Crippen LogP contribution in [0.1, 0.15) is 16.7 Å². The number of hydrogen-bond acceptors (Lipinski definition) is 9. The van der Waals surface area contributed by atoms with Crippen LogP contribution in [0.4, 0.5) is 11.6 Å². The molecule has 41 heavy (non-hydrogen) atoms. The molecule has 2 aliphatic rings. The van der Waals surface area contributed by atoms with Crippen LogP contribution >= 0.6 is 0 Å². The first kappa shape index (κ1) is 29.4. The summed E-state index contributed by atoms with van der Waals surface area (Å²) in [5.74, 6) is 0.515. The first-order valence-corrected chi connectivity index (χ1v) is 13.4. The first-order chi connectivity index (χ1) is 20.1. The van der Waals surface area contributed by atoms with E-state index < -0.39 is 5.97 Å². The zero-order valence-electron chi connectivity index (χ0n) is 22.8. The van der Waals surface area contributed by atoms with Crippen molar-refractivity contribution in [2.45, 2.75) is 6.61 Å². The van der Waals surface area contributed by atoms with E-state index in [1.54, 1.807) is 18.5 Å². The number of nitrogens with zero attached hydrogens (tertiary/aromatic N) is 4. The number of anilines is 2. The Morgan fingerprint density at radius 3 is 1.73 bits per heavy atom. The van der Waals surface area contributed by atoms with Gasteiger partial charge in [0, 0.05) is 50.7 Å². The molecule has 1 aromatic carbocycles. The molecule has 2 aliphatic heterocycles. The van der Waals surface area contributed by atoms with Gasteiger partial charge in [0.05, 0.1) is 26.4 Å². The van der Waals surface area contributed by atoms with Gasteiger partial charge in [0.1, 0.15) is 18.2 Å². The number of ether oxygens (including phenoxy) is 3. The Morgan fingerprint density at radius 2 is 1.27 bits per heavy atom. The van der Waals surface area contributed by atoms with Crippen LogP contribution < -0.4 is 9.80 Å². The van der Waals surface area contributed by atoms with Crippen LogP contribution in [0.25, 0.3) is 12.2 Å². The third kappa shape index (κ3) is 10.2. The van der Waals surface area contributed by atoms with Crippen LogP contribution in [0, 0.1) is 0 Å². The first-order valence-electron chi connectivity index (χ1n) is 13.4. The van der Waals surface area contributed by atoms with Crippen LogP contribution in [0.3, 0.4) is 0 Å². The molecule has 2 saturated heterocycles. The summed E-state index contributed by atoms with van der Waals surface area (Å²) >= 11 is 0. The SMILES string of the molecule is O=C(/C=C/c1ccc(N2CCOCC2)nc1)OCc1ccccc1.O=C(O)/C=C/c1ccc(N2CCOCC2)nc1. The number of morpholine rings is 2. The summed E-state index contributed by atoms with van der Waals surface area (Å²) in [5, 5.41) is 8.50. The van der Waals surface area contributed by atoms with Gasteiger partial charge >= 0.3 is 11.9 Å². The number of aliphatic carboxylic acids is 1. The minimum absolute atomic E-state index is 0.276. The van der Waals surface area contributed by atoms with E-state index in [1.165, 1.54) is 12.2 Å². The van der Waals surface area contributed by atoms with Crippen molar-refractivity contribution in [3.8, 4) is 0 Å². The van der Waals surface area contributed by atoms with Crippen molar-refractivity contribution < 1.29 is 28.9 Å². The third-order valence-electron chi connectivity index (χ3n) is 6.27. The van der Waals surface area contributed by atoms with Crippen LogP contribution in [-0.4, -0.2) is 79.6 Å². The monoisotopic (exact) mass is 558 g/mol. The number of carboxylic acid groups (broad SMARTS) is 1. The lowest BCUT2D eigenvalue weighted by atomic mass is 10.2. The van der Waals surface area contributed by atoms with Crippen molar-refractivity contribution in [2.24, 2.45) is 0 Å². The van der Waals surface area contributed by atoms with Crippen molar-refractivity contribution in [1.29, 1.82) is 0 Å². The number of aromatic nitrogens is 2. The van der Waals surface area contributed by atoms with Crippen molar-refractivity contribution in [3.63, 3.8) is 0 Å². The van der Waals surface area contributed by atoms with Crippen molar-refractivity contribution in [2.75, 3.05) is 62.4 Å². The second-order valence-corrected chi connectivity index (χ2v) is 9.20. The summed E-state index contributed by atoms with van der Waals surface area (Å²) in [6.07, 6.45) is 9.19. The highest BCUT2D eigenvalue weighted by atomic mass is 16.5. The van der Waals surface area contributed by atoms with Gasteiger partial charge in [0.15, 0.2) is 0 Å². The topological polar surface area (TPSA) is 114 Å². The second kappa shape index (κ2) is 15.9. The van der Waals surface area contributed by atoms with Gasteiger partial charge < -0.3 is 29.1 Å². The minimum atomic E-state index is -0.956. The second-order valence-electron chi connectivity index (χ2n) is 9.20. The molecule has 1 N–H and O–H groups in total. The Morgan fingerprint density at radius 1 is 0.756 bits per heavy atom. The maximum atomic E-state index is 11.8. The Balaban J connectivity index is 0.000000201. The molecule has 2 fully saturated rings. The van der Waals surface area contributed by atoms with Gasteiger partial charge in [-0.2, -0.15) is 0 Å². The molecule has 10 nitrogen and oxygen atoms in total. The third-order valence-corrected chi connectivity index (χ3v) is 6.27. The molecule has 0 saturated carbocycles. The molecule has 3 aromatic rings. The predicted molar refractivity (Wildman–Crippen MR) is 156 cm³/mol. The number of carboxylic acids is 1. The maximum Gasteiger partial charge on any atom is 0.331 e. The lowest BCUT2D eigenvalue weighted by Gasteiger charge is -2.27. The fourth-order valence-electron chi connectivity index (χ4n) is 4.06. The molecule has 2 aromatic heterocycles. The van der Waals surface area contributed by atoms with Crippen LogP contribution in [-0.2, 0) is 30.4 Å². The summed E-state index contributed by atoms with van der Waals surface area (Å²) in [6.45, 7) is 6.59. The average molecular weight is 559 g/mol. The number of rotatable bonds is 8. The molecule has 4 heterocycles. The highest BCUT2D eigenvalue weighted by molar-refractivity contribution is 5.87. The van der Waals surface area contributed by atoms with Gasteiger partial charge in [0.2, 0.25) is 0 Å². The summed E-state index contributed by atoms with van der Waals surface area (Å²) in [7, 11) is 0. The van der Waals surface area contributed by atoms with E-state index in [-0.39, 0.29) is 12.6 Å². The number of carbonyl (C=O) groups excluding carboxylic acids is 1. The molecule has 214 valence electrons. The zero-order valence-corrected chi connectivity index (χ0v) is 22.8. The standard InChI is InChI=1S/C19H20N2O3.C12H14N2O3/c22-19(24-15-17-4-2-1-3-5-17)9-7-16-6-8-18(20-14-16)21-10-12-23-13-11-21;15-12(16)4-2-10-1-3-11(13-9-10)14-5-7-17-8-6-14/h1-9,14H,10-13,15H2;1-4,9H,5-8H2,(H,15,16)/b9-7+;4-2+. The van der Waals surface area contributed by atoms with E-state index in [1.807, 2.05) is 54.6 Å². The number of pyridine rings is 2. The Labute approximate surface area is 239 Å². The summed E-state index contributed by atoms with van der Waals surface area (Å²) in [5.41, 5.74) is 2.61. The van der Waals surface area contributed by atoms with E-state index >= 15 is 0 Å². The molecular formula is C31H34N4O6. The maximum absolute atomic E-state index is 11.8. The Kier molecular flexibility index (Phi) is 11.4. The number of benzene rings is 1. The van der Waals surface area contributed by atoms with E-state index in [0.717, 1.165) is 87.0 Å². The van der Waals surface area contributed by atoms with E-state index in [0.29, 0.717) is 0 Å². The van der Waals surface area contributed by atoms with E-state index in [9.17, 15) is 9.59 Å². The largest absolute Gasteiger partial charge is 0.478 e. The quantitative estimate of drug-likeness (QED) is 0.324. The van der Waals surface area contributed by atoms with Gasteiger partial charge in [-0.05, 0) is 53.1 Å². The predicted octanol–water partition coefficient (Wildman–Crippen LogP) is 3.69. The van der Waals surface area contributed by atoms with Gasteiger partial charge in [0.25, 0.3) is 0 Å². The molecule has 0 radical (unpaired) electrons. The lowest BCUT2D eigenvalue weighted by Crippen LogP contribution is -2.36. The zero-order chi connectivity index (χ0) is 28.7. The number of carbonyl (C=O) groups is 2. The highest BCUT2D eigenvalue weighted by Gasteiger charge is 2.12.